The van der Waals surface area contributed by atoms with E-state index in [1.54, 1.807) is 0 Å². The third-order valence-corrected chi connectivity index (χ3v) is 2.66. The number of benzene rings is 1. The van der Waals surface area contributed by atoms with Crippen molar-refractivity contribution in [3.8, 4) is 5.75 Å². The number of aryl methyl sites for hydroxylation is 1. The zero-order valence-corrected chi connectivity index (χ0v) is 8.34. The molecule has 0 fully saturated rings. The summed E-state index contributed by atoms with van der Waals surface area (Å²) in [6.45, 7) is 5.27. The van der Waals surface area contributed by atoms with Crippen LogP contribution in [0.2, 0.25) is 0 Å². The molecule has 1 nitrogen and oxygen atoms in total. The molecule has 2 rings (SSSR count). The van der Waals surface area contributed by atoms with Gasteiger partial charge >= 0.3 is 0 Å². The zero-order chi connectivity index (χ0) is 9.26. The molecule has 0 N–H and O–H groups in total. The van der Waals surface area contributed by atoms with Crippen molar-refractivity contribution in [1.82, 2.24) is 0 Å². The smallest absolute Gasteiger partial charge is 0.122 e. The average molecular weight is 176 g/mol. The summed E-state index contributed by atoms with van der Waals surface area (Å²) in [7, 11) is 0. The zero-order valence-electron chi connectivity index (χ0n) is 8.34. The molecule has 0 spiro atoms. The first-order valence-electron chi connectivity index (χ1n) is 4.98. The molecule has 0 radical (unpaired) electrons. The average Bonchev–Trinajstić information content (AvgIpc) is 2.25. The molecule has 1 heteroatoms. The fourth-order valence-electron chi connectivity index (χ4n) is 1.81. The van der Waals surface area contributed by atoms with E-state index in [9.17, 15) is 0 Å². The lowest BCUT2D eigenvalue weighted by Gasteiger charge is -2.07. The molecule has 1 aromatic carbocycles. The molecule has 0 aliphatic carbocycles. The molecule has 1 aromatic rings. The molecule has 0 saturated heterocycles. The van der Waals surface area contributed by atoms with Crippen LogP contribution in [0.3, 0.4) is 0 Å². The molecule has 1 aliphatic heterocycles. The third-order valence-electron chi connectivity index (χ3n) is 2.66. The summed E-state index contributed by atoms with van der Waals surface area (Å²) in [4.78, 5) is 0. The summed E-state index contributed by atoms with van der Waals surface area (Å²) in [6, 6.07) is 6.51. The van der Waals surface area contributed by atoms with Gasteiger partial charge in [0.05, 0.1) is 6.61 Å². The van der Waals surface area contributed by atoms with Crippen molar-refractivity contribution in [1.29, 1.82) is 0 Å². The molecule has 0 unspecified atom stereocenters. The molecule has 1 atom stereocenters. The first-order valence-corrected chi connectivity index (χ1v) is 4.98. The Balaban J connectivity index is 2.34. The summed E-state index contributed by atoms with van der Waals surface area (Å²) >= 11 is 0. The highest BCUT2D eigenvalue weighted by Gasteiger charge is 2.13. The molecule has 1 heterocycles. The van der Waals surface area contributed by atoms with E-state index in [1.807, 2.05) is 0 Å². The van der Waals surface area contributed by atoms with E-state index in [0.29, 0.717) is 0 Å². The van der Waals surface area contributed by atoms with Gasteiger partial charge in [-0.15, -0.1) is 0 Å². The van der Waals surface area contributed by atoms with Gasteiger partial charge in [0.1, 0.15) is 5.75 Å². The highest BCUT2D eigenvalue weighted by molar-refractivity contribution is 5.37. The summed E-state index contributed by atoms with van der Waals surface area (Å²) < 4.78 is 5.70. The predicted octanol–water partition coefficient (Wildman–Crippen LogP) is 2.96. The number of hydrogen-bond donors (Lipinski definition) is 0. The molecule has 1 aliphatic rings. The third kappa shape index (κ3) is 1.85. The van der Waals surface area contributed by atoms with Crippen molar-refractivity contribution in [3.05, 3.63) is 29.3 Å². The van der Waals surface area contributed by atoms with Crippen LogP contribution < -0.4 is 4.74 Å². The Morgan fingerprint density at radius 1 is 1.38 bits per heavy atom. The molecule has 0 bridgehead atoms. The molecular weight excluding hydrogens is 160 g/mol. The van der Waals surface area contributed by atoms with E-state index < -0.39 is 0 Å². The number of fused-ring (bicyclic) bond motifs is 1. The Morgan fingerprint density at radius 2 is 2.23 bits per heavy atom. The van der Waals surface area contributed by atoms with Gasteiger partial charge in [-0.05, 0) is 42.9 Å². The van der Waals surface area contributed by atoms with Crippen molar-refractivity contribution in [2.45, 2.75) is 26.7 Å². The van der Waals surface area contributed by atoms with Crippen LogP contribution in [-0.2, 0) is 6.42 Å². The van der Waals surface area contributed by atoms with Gasteiger partial charge in [-0.3, -0.25) is 0 Å². The summed E-state index contributed by atoms with van der Waals surface area (Å²) in [6.07, 6.45) is 2.34. The predicted molar refractivity (Wildman–Crippen MR) is 54.2 cm³/mol. The van der Waals surface area contributed by atoms with Crippen molar-refractivity contribution < 1.29 is 4.74 Å². The maximum atomic E-state index is 5.70. The summed E-state index contributed by atoms with van der Waals surface area (Å²) in [5.74, 6) is 1.85. The van der Waals surface area contributed by atoms with Crippen LogP contribution in [0.5, 0.6) is 5.75 Å². The number of hydrogen-bond acceptors (Lipinski definition) is 1. The first-order chi connectivity index (χ1) is 6.25. The van der Waals surface area contributed by atoms with Crippen molar-refractivity contribution >= 4 is 0 Å². The van der Waals surface area contributed by atoms with E-state index in [1.165, 1.54) is 17.5 Å². The largest absolute Gasteiger partial charge is 0.493 e. The SMILES string of the molecule is Cc1ccc2c(c1)OCC[C@H](C)C2. The Bertz CT molecular complexity index is 304. The normalized spacial score (nSPS) is 21.5. The Morgan fingerprint density at radius 3 is 3.08 bits per heavy atom. The van der Waals surface area contributed by atoms with Gasteiger partial charge in [0.2, 0.25) is 0 Å². The lowest BCUT2D eigenvalue weighted by molar-refractivity contribution is 0.300. The van der Waals surface area contributed by atoms with Crippen molar-refractivity contribution in [2.24, 2.45) is 5.92 Å². The van der Waals surface area contributed by atoms with E-state index in [4.69, 9.17) is 4.74 Å². The van der Waals surface area contributed by atoms with Gasteiger partial charge in [-0.2, -0.15) is 0 Å². The van der Waals surface area contributed by atoms with Gasteiger partial charge in [0, 0.05) is 0 Å². The summed E-state index contributed by atoms with van der Waals surface area (Å²) in [5.41, 5.74) is 2.66. The van der Waals surface area contributed by atoms with Crippen LogP contribution in [-0.4, -0.2) is 6.61 Å². The van der Waals surface area contributed by atoms with Crippen LogP contribution >= 0.6 is 0 Å². The van der Waals surface area contributed by atoms with Crippen molar-refractivity contribution in [3.63, 3.8) is 0 Å². The Kier molecular flexibility index (Phi) is 2.26. The lowest BCUT2D eigenvalue weighted by Crippen LogP contribution is -1.99. The topological polar surface area (TPSA) is 9.23 Å². The van der Waals surface area contributed by atoms with Gasteiger partial charge in [-0.1, -0.05) is 19.1 Å². The van der Waals surface area contributed by atoms with Gasteiger partial charge < -0.3 is 4.74 Å². The van der Waals surface area contributed by atoms with Crippen LogP contribution in [0, 0.1) is 12.8 Å². The Labute approximate surface area is 79.7 Å². The minimum atomic E-state index is 0.754. The van der Waals surface area contributed by atoms with Crippen LogP contribution in [0.25, 0.3) is 0 Å². The molecular formula is C12H16O. The fourth-order valence-corrected chi connectivity index (χ4v) is 1.81. The lowest BCUT2D eigenvalue weighted by atomic mass is 9.98. The highest BCUT2D eigenvalue weighted by Crippen LogP contribution is 2.27. The number of ether oxygens (including phenoxy) is 1. The van der Waals surface area contributed by atoms with E-state index in [0.717, 1.165) is 24.7 Å². The van der Waals surface area contributed by atoms with Crippen LogP contribution in [0.1, 0.15) is 24.5 Å². The van der Waals surface area contributed by atoms with Gasteiger partial charge in [0.25, 0.3) is 0 Å². The molecule has 0 saturated carbocycles. The maximum absolute atomic E-state index is 5.70. The maximum Gasteiger partial charge on any atom is 0.122 e. The van der Waals surface area contributed by atoms with E-state index in [-0.39, 0.29) is 0 Å². The second-order valence-corrected chi connectivity index (χ2v) is 4.06. The second-order valence-electron chi connectivity index (χ2n) is 4.06. The summed E-state index contributed by atoms with van der Waals surface area (Å²) in [5, 5.41) is 0. The fraction of sp³-hybridized carbons (Fsp3) is 0.500. The van der Waals surface area contributed by atoms with Crippen LogP contribution in [0.15, 0.2) is 18.2 Å². The number of rotatable bonds is 0. The molecule has 0 aromatic heterocycles. The Hall–Kier alpha value is -0.980. The quantitative estimate of drug-likeness (QED) is 0.590. The highest BCUT2D eigenvalue weighted by atomic mass is 16.5. The first kappa shape index (κ1) is 8.61. The minimum absolute atomic E-state index is 0.754. The van der Waals surface area contributed by atoms with Crippen molar-refractivity contribution in [2.75, 3.05) is 6.61 Å². The van der Waals surface area contributed by atoms with E-state index in [2.05, 4.69) is 32.0 Å². The van der Waals surface area contributed by atoms with Crippen LogP contribution in [0.4, 0.5) is 0 Å². The van der Waals surface area contributed by atoms with E-state index >= 15 is 0 Å². The molecule has 70 valence electrons. The second kappa shape index (κ2) is 3.41. The molecule has 13 heavy (non-hydrogen) atoms. The monoisotopic (exact) mass is 176 g/mol. The standard InChI is InChI=1S/C12H16O/c1-9-3-4-11-7-10(2)5-6-13-12(11)8-9/h3-4,8,10H,5-7H2,1-2H3/t10-/m0/s1. The molecule has 0 amide bonds. The van der Waals surface area contributed by atoms with Gasteiger partial charge in [-0.25, -0.2) is 0 Å². The minimum Gasteiger partial charge on any atom is -0.493 e. The van der Waals surface area contributed by atoms with Gasteiger partial charge in [0.15, 0.2) is 0 Å².